The van der Waals surface area contributed by atoms with E-state index in [1.807, 2.05) is 20.8 Å². The van der Waals surface area contributed by atoms with Crippen molar-refractivity contribution in [1.82, 2.24) is 4.98 Å². The second-order valence-corrected chi connectivity index (χ2v) is 6.16. The number of carboxylic acid groups (broad SMARTS) is 1. The molecule has 1 N–H and O–H groups in total. The van der Waals surface area contributed by atoms with E-state index in [-0.39, 0.29) is 10.7 Å². The van der Waals surface area contributed by atoms with E-state index in [1.54, 1.807) is 6.07 Å². The highest BCUT2D eigenvalue weighted by molar-refractivity contribution is 7.17. The first-order valence-corrected chi connectivity index (χ1v) is 7.19. The van der Waals surface area contributed by atoms with Crippen molar-refractivity contribution in [2.45, 2.75) is 27.2 Å². The number of carboxylic acids is 1. The highest BCUT2D eigenvalue weighted by atomic mass is 32.1. The number of aromatic nitrogens is 1. The van der Waals surface area contributed by atoms with Crippen LogP contribution in [0, 0.1) is 18.7 Å². The summed E-state index contributed by atoms with van der Waals surface area (Å²) >= 11 is 1.11. The Morgan fingerprint density at radius 3 is 2.75 bits per heavy atom. The van der Waals surface area contributed by atoms with Crippen LogP contribution in [0.1, 0.15) is 34.8 Å². The van der Waals surface area contributed by atoms with Gasteiger partial charge >= 0.3 is 5.97 Å². The first kappa shape index (κ1) is 14.7. The molecule has 2 rings (SSSR count). The molecule has 0 saturated carbocycles. The molecule has 1 aromatic carbocycles. The molecule has 0 aliphatic carbocycles. The smallest absolute Gasteiger partial charge is 0.347 e. The van der Waals surface area contributed by atoms with E-state index in [4.69, 9.17) is 0 Å². The summed E-state index contributed by atoms with van der Waals surface area (Å²) in [7, 11) is 0. The predicted molar refractivity (Wildman–Crippen MR) is 77.7 cm³/mol. The van der Waals surface area contributed by atoms with Gasteiger partial charge in [0.25, 0.3) is 0 Å². The second kappa shape index (κ2) is 5.71. The first-order valence-electron chi connectivity index (χ1n) is 6.38. The Labute approximate surface area is 121 Å². The fourth-order valence-corrected chi connectivity index (χ4v) is 3.00. The summed E-state index contributed by atoms with van der Waals surface area (Å²) in [4.78, 5) is 16.0. The van der Waals surface area contributed by atoms with E-state index >= 15 is 0 Å². The van der Waals surface area contributed by atoms with E-state index in [0.29, 0.717) is 28.6 Å². The molecule has 20 heavy (non-hydrogen) atoms. The maximum absolute atomic E-state index is 13.4. The van der Waals surface area contributed by atoms with Crippen LogP contribution in [0.3, 0.4) is 0 Å². The van der Waals surface area contributed by atoms with E-state index in [2.05, 4.69) is 4.98 Å². The molecular weight excluding hydrogens is 277 g/mol. The van der Waals surface area contributed by atoms with Gasteiger partial charge in [-0.1, -0.05) is 19.9 Å². The third kappa shape index (κ3) is 3.04. The van der Waals surface area contributed by atoms with Gasteiger partial charge in [-0.05, 0) is 37.0 Å². The fourth-order valence-electron chi connectivity index (χ4n) is 1.98. The van der Waals surface area contributed by atoms with Crippen LogP contribution in [0.4, 0.5) is 4.39 Å². The molecule has 1 aromatic heterocycles. The van der Waals surface area contributed by atoms with Crippen molar-refractivity contribution < 1.29 is 14.3 Å². The Bertz CT molecular complexity index is 649. The summed E-state index contributed by atoms with van der Waals surface area (Å²) in [5.41, 5.74) is 2.12. The minimum absolute atomic E-state index is 0.248. The third-order valence-electron chi connectivity index (χ3n) is 2.92. The number of hydrogen-bond acceptors (Lipinski definition) is 3. The summed E-state index contributed by atoms with van der Waals surface area (Å²) in [6.45, 7) is 5.88. The van der Waals surface area contributed by atoms with Gasteiger partial charge in [0.15, 0.2) is 0 Å². The summed E-state index contributed by atoms with van der Waals surface area (Å²) in [6, 6.07) is 4.47. The Morgan fingerprint density at radius 2 is 2.15 bits per heavy atom. The van der Waals surface area contributed by atoms with E-state index in [0.717, 1.165) is 16.9 Å². The minimum atomic E-state index is -0.974. The number of thiazole rings is 1. The van der Waals surface area contributed by atoms with Crippen molar-refractivity contribution in [3.05, 3.63) is 40.2 Å². The molecule has 2 aromatic rings. The number of rotatable bonds is 4. The van der Waals surface area contributed by atoms with Gasteiger partial charge in [0.1, 0.15) is 15.7 Å². The minimum Gasteiger partial charge on any atom is -0.477 e. The van der Waals surface area contributed by atoms with Gasteiger partial charge in [-0.2, -0.15) is 0 Å². The maximum atomic E-state index is 13.4. The van der Waals surface area contributed by atoms with Gasteiger partial charge in [0.05, 0.1) is 5.69 Å². The number of benzene rings is 1. The normalized spacial score (nSPS) is 11.1. The molecule has 3 nitrogen and oxygen atoms in total. The maximum Gasteiger partial charge on any atom is 0.347 e. The largest absolute Gasteiger partial charge is 0.477 e. The van der Waals surface area contributed by atoms with Crippen molar-refractivity contribution in [2.75, 3.05) is 0 Å². The van der Waals surface area contributed by atoms with Crippen LogP contribution < -0.4 is 0 Å². The zero-order chi connectivity index (χ0) is 14.9. The summed E-state index contributed by atoms with van der Waals surface area (Å²) in [6.07, 6.45) is 0.604. The molecule has 0 bridgehead atoms. The molecule has 1 heterocycles. The van der Waals surface area contributed by atoms with Crippen LogP contribution >= 0.6 is 11.3 Å². The molecule has 0 spiro atoms. The summed E-state index contributed by atoms with van der Waals surface area (Å²) in [5, 5.41) is 9.82. The van der Waals surface area contributed by atoms with Crippen molar-refractivity contribution in [3.63, 3.8) is 0 Å². The van der Waals surface area contributed by atoms with Crippen LogP contribution in [0.5, 0.6) is 0 Å². The molecule has 0 atom stereocenters. The molecule has 0 aliphatic rings. The summed E-state index contributed by atoms with van der Waals surface area (Å²) < 4.78 is 13.4. The van der Waals surface area contributed by atoms with Crippen LogP contribution in [0.25, 0.3) is 10.6 Å². The van der Waals surface area contributed by atoms with Gasteiger partial charge in [-0.15, -0.1) is 11.3 Å². The molecule has 5 heteroatoms. The van der Waals surface area contributed by atoms with Crippen LogP contribution in [0.2, 0.25) is 0 Å². The predicted octanol–water partition coefficient (Wildman–Crippen LogP) is 4.15. The number of aryl methyl sites for hydroxylation is 1. The number of aromatic carboxylic acids is 1. The standard InChI is InChI=1S/C15H16FNO2S/c1-8(2)6-12-13(15(18)19)20-14(17-12)11-7-10(16)5-4-9(11)3/h4-5,7-8H,6H2,1-3H3,(H,18,19). The van der Waals surface area contributed by atoms with Gasteiger partial charge in [0.2, 0.25) is 0 Å². The summed E-state index contributed by atoms with van der Waals surface area (Å²) in [5.74, 6) is -1.00. The highest BCUT2D eigenvalue weighted by Crippen LogP contribution is 2.32. The van der Waals surface area contributed by atoms with Gasteiger partial charge in [0, 0.05) is 5.56 Å². The molecule has 0 aliphatic heterocycles. The number of carbonyl (C=O) groups is 1. The van der Waals surface area contributed by atoms with Gasteiger partial charge in [-0.3, -0.25) is 0 Å². The lowest BCUT2D eigenvalue weighted by Gasteiger charge is -2.02. The topological polar surface area (TPSA) is 50.2 Å². The Hall–Kier alpha value is -1.75. The quantitative estimate of drug-likeness (QED) is 0.921. The fraction of sp³-hybridized carbons (Fsp3) is 0.333. The number of hydrogen-bond donors (Lipinski definition) is 1. The van der Waals surface area contributed by atoms with Crippen LogP contribution in [-0.4, -0.2) is 16.1 Å². The Balaban J connectivity index is 2.52. The van der Waals surface area contributed by atoms with Gasteiger partial charge in [-0.25, -0.2) is 14.2 Å². The lowest BCUT2D eigenvalue weighted by Crippen LogP contribution is -2.02. The first-order chi connectivity index (χ1) is 9.38. The zero-order valence-corrected chi connectivity index (χ0v) is 12.4. The average molecular weight is 293 g/mol. The van der Waals surface area contributed by atoms with Crippen LogP contribution in [0.15, 0.2) is 18.2 Å². The van der Waals surface area contributed by atoms with Crippen LogP contribution in [-0.2, 0) is 6.42 Å². The third-order valence-corrected chi connectivity index (χ3v) is 4.04. The molecular formula is C15H16FNO2S. The highest BCUT2D eigenvalue weighted by Gasteiger charge is 2.19. The van der Waals surface area contributed by atoms with Crippen molar-refractivity contribution in [1.29, 1.82) is 0 Å². The lowest BCUT2D eigenvalue weighted by molar-refractivity contribution is 0.0700. The second-order valence-electron chi connectivity index (χ2n) is 5.16. The lowest BCUT2D eigenvalue weighted by atomic mass is 10.1. The monoisotopic (exact) mass is 293 g/mol. The average Bonchev–Trinajstić information content (AvgIpc) is 2.75. The van der Waals surface area contributed by atoms with Crippen molar-refractivity contribution >= 4 is 17.3 Å². The van der Waals surface area contributed by atoms with Crippen molar-refractivity contribution in [2.24, 2.45) is 5.92 Å². The van der Waals surface area contributed by atoms with E-state index < -0.39 is 5.97 Å². The zero-order valence-electron chi connectivity index (χ0n) is 11.6. The number of halogens is 1. The molecule has 0 radical (unpaired) electrons. The molecule has 0 unspecified atom stereocenters. The van der Waals surface area contributed by atoms with E-state index in [1.165, 1.54) is 12.1 Å². The SMILES string of the molecule is Cc1ccc(F)cc1-c1nc(CC(C)C)c(C(=O)O)s1. The van der Waals surface area contributed by atoms with E-state index in [9.17, 15) is 14.3 Å². The Morgan fingerprint density at radius 1 is 1.45 bits per heavy atom. The van der Waals surface area contributed by atoms with Gasteiger partial charge < -0.3 is 5.11 Å². The number of nitrogens with zero attached hydrogens (tertiary/aromatic N) is 1. The van der Waals surface area contributed by atoms with Crippen molar-refractivity contribution in [3.8, 4) is 10.6 Å². The molecule has 106 valence electrons. The molecule has 0 saturated heterocycles. The Kier molecular flexibility index (Phi) is 4.18. The molecule has 0 fully saturated rings. The molecule has 0 amide bonds.